The molecule has 1 aromatic heterocycles. The van der Waals surface area contributed by atoms with Crippen molar-refractivity contribution in [2.45, 2.75) is 20.3 Å². The molecular formula is C25H28N6O2. The van der Waals surface area contributed by atoms with Crippen LogP contribution in [0.2, 0.25) is 0 Å². The molecule has 33 heavy (non-hydrogen) atoms. The van der Waals surface area contributed by atoms with Gasteiger partial charge in [-0.2, -0.15) is 5.10 Å². The van der Waals surface area contributed by atoms with E-state index >= 15 is 0 Å². The van der Waals surface area contributed by atoms with Crippen molar-refractivity contribution in [1.82, 2.24) is 10.2 Å². The predicted octanol–water partition coefficient (Wildman–Crippen LogP) is 3.89. The summed E-state index contributed by atoms with van der Waals surface area (Å²) in [6, 6.07) is 15.2. The van der Waals surface area contributed by atoms with Gasteiger partial charge >= 0.3 is 0 Å². The average Bonchev–Trinajstić information content (AvgIpc) is 3.19. The van der Waals surface area contributed by atoms with Gasteiger partial charge < -0.3 is 20.4 Å². The Bertz CT molecular complexity index is 1180. The summed E-state index contributed by atoms with van der Waals surface area (Å²) in [6.45, 7) is 4.44. The van der Waals surface area contributed by atoms with Crippen molar-refractivity contribution >= 4 is 40.4 Å². The van der Waals surface area contributed by atoms with E-state index in [2.05, 4.69) is 20.8 Å². The maximum Gasteiger partial charge on any atom is 0.229 e. The van der Waals surface area contributed by atoms with Crippen LogP contribution in [0, 0.1) is 19.8 Å². The Balaban J connectivity index is 1.37. The number of amides is 2. The third-order valence-corrected chi connectivity index (χ3v) is 5.88. The van der Waals surface area contributed by atoms with Crippen LogP contribution in [0.4, 0.5) is 28.6 Å². The van der Waals surface area contributed by atoms with E-state index in [1.807, 2.05) is 81.4 Å². The lowest BCUT2D eigenvalue weighted by Crippen LogP contribution is -2.28. The van der Waals surface area contributed by atoms with Crippen LogP contribution in [0.1, 0.15) is 17.5 Å². The first kappa shape index (κ1) is 22.3. The van der Waals surface area contributed by atoms with Gasteiger partial charge in [0.2, 0.25) is 11.8 Å². The van der Waals surface area contributed by atoms with Crippen LogP contribution in [0.15, 0.2) is 54.7 Å². The van der Waals surface area contributed by atoms with Crippen molar-refractivity contribution in [2.75, 3.05) is 41.1 Å². The number of rotatable bonds is 6. The minimum absolute atomic E-state index is 0.0287. The second-order valence-electron chi connectivity index (χ2n) is 8.56. The fourth-order valence-electron chi connectivity index (χ4n) is 3.72. The summed E-state index contributed by atoms with van der Waals surface area (Å²) in [5.74, 6) is 0.0637. The van der Waals surface area contributed by atoms with E-state index in [0.29, 0.717) is 18.1 Å². The second-order valence-corrected chi connectivity index (χ2v) is 8.56. The minimum Gasteiger partial charge on any atom is -0.376 e. The van der Waals surface area contributed by atoms with Crippen molar-refractivity contribution in [3.8, 4) is 0 Å². The van der Waals surface area contributed by atoms with Crippen LogP contribution in [-0.4, -0.2) is 42.7 Å². The van der Waals surface area contributed by atoms with E-state index in [4.69, 9.17) is 0 Å². The van der Waals surface area contributed by atoms with E-state index in [1.165, 1.54) is 5.56 Å². The number of nitrogens with one attached hydrogen (secondary N) is 2. The number of aromatic nitrogens is 2. The number of nitrogens with zero attached hydrogens (tertiary/aromatic N) is 4. The molecule has 2 N–H and O–H groups in total. The van der Waals surface area contributed by atoms with E-state index < -0.39 is 0 Å². The monoisotopic (exact) mass is 444 g/mol. The molecule has 0 bridgehead atoms. The zero-order valence-corrected chi connectivity index (χ0v) is 19.3. The number of benzene rings is 2. The lowest BCUT2D eigenvalue weighted by Gasteiger charge is -2.18. The number of anilines is 5. The highest BCUT2D eigenvalue weighted by molar-refractivity contribution is 6.03. The summed E-state index contributed by atoms with van der Waals surface area (Å²) in [6.07, 6.45) is 1.90. The SMILES string of the molecule is Cc1ccc(N2CC(C(=O)Nc3ccc(Nc4cc(N(C)C)cnn4)cc3)CC2=O)cc1C. The summed E-state index contributed by atoms with van der Waals surface area (Å²) < 4.78 is 0. The number of carbonyl (C=O) groups excluding carboxylic acids is 2. The standard InChI is InChI=1S/C25H28N6O2/c1-16-5-10-21(11-17(16)2)31-15-18(12-24(31)32)25(33)28-20-8-6-19(7-9-20)27-23-13-22(30(3)4)14-26-29-23/h5-11,13-14,18H,12,15H2,1-4H3,(H,27,29)(H,28,33). The molecule has 1 atom stereocenters. The fraction of sp³-hybridized carbons (Fsp3) is 0.280. The Morgan fingerprint density at radius 2 is 1.76 bits per heavy atom. The van der Waals surface area contributed by atoms with Crippen molar-refractivity contribution in [2.24, 2.45) is 5.92 Å². The van der Waals surface area contributed by atoms with Crippen molar-refractivity contribution < 1.29 is 9.59 Å². The van der Waals surface area contributed by atoms with Gasteiger partial charge in [0.1, 0.15) is 0 Å². The Hall–Kier alpha value is -3.94. The zero-order valence-electron chi connectivity index (χ0n) is 19.3. The van der Waals surface area contributed by atoms with Gasteiger partial charge in [-0.1, -0.05) is 6.07 Å². The van der Waals surface area contributed by atoms with E-state index in [1.54, 1.807) is 11.1 Å². The first-order valence-corrected chi connectivity index (χ1v) is 10.9. The molecule has 0 saturated carbocycles. The second kappa shape index (κ2) is 9.28. The molecule has 2 aromatic carbocycles. The highest BCUT2D eigenvalue weighted by Crippen LogP contribution is 2.28. The molecule has 8 nitrogen and oxygen atoms in total. The number of hydrogen-bond acceptors (Lipinski definition) is 6. The fourth-order valence-corrected chi connectivity index (χ4v) is 3.72. The van der Waals surface area contributed by atoms with Crippen molar-refractivity contribution in [1.29, 1.82) is 0 Å². The van der Waals surface area contributed by atoms with Gasteiger partial charge in [-0.15, -0.1) is 5.10 Å². The van der Waals surface area contributed by atoms with Gasteiger partial charge in [0.15, 0.2) is 5.82 Å². The van der Waals surface area contributed by atoms with Gasteiger partial charge in [0.05, 0.1) is 17.8 Å². The Morgan fingerprint density at radius 3 is 2.45 bits per heavy atom. The number of aryl methyl sites for hydroxylation is 2. The average molecular weight is 445 g/mol. The molecule has 2 heterocycles. The van der Waals surface area contributed by atoms with E-state index in [-0.39, 0.29) is 24.2 Å². The maximum atomic E-state index is 12.8. The normalized spacial score (nSPS) is 15.5. The van der Waals surface area contributed by atoms with Gasteiger partial charge in [-0.25, -0.2) is 0 Å². The van der Waals surface area contributed by atoms with Crippen LogP contribution < -0.4 is 20.4 Å². The van der Waals surface area contributed by atoms with Crippen molar-refractivity contribution in [3.63, 3.8) is 0 Å². The largest absolute Gasteiger partial charge is 0.376 e. The topological polar surface area (TPSA) is 90.5 Å². The Morgan fingerprint density at radius 1 is 1.03 bits per heavy atom. The quantitative estimate of drug-likeness (QED) is 0.599. The highest BCUT2D eigenvalue weighted by atomic mass is 16.2. The van der Waals surface area contributed by atoms with Gasteiger partial charge in [-0.05, 0) is 61.4 Å². The van der Waals surface area contributed by atoms with Gasteiger partial charge in [-0.3, -0.25) is 9.59 Å². The summed E-state index contributed by atoms with van der Waals surface area (Å²) in [5.41, 5.74) is 5.59. The summed E-state index contributed by atoms with van der Waals surface area (Å²) >= 11 is 0. The Kier molecular flexibility index (Phi) is 6.26. The Labute approximate surface area is 193 Å². The maximum absolute atomic E-state index is 12.8. The molecule has 1 aliphatic rings. The summed E-state index contributed by atoms with van der Waals surface area (Å²) in [4.78, 5) is 29.0. The molecule has 1 unspecified atom stereocenters. The molecular weight excluding hydrogens is 416 g/mol. The lowest BCUT2D eigenvalue weighted by atomic mass is 10.1. The first-order valence-electron chi connectivity index (χ1n) is 10.9. The van der Waals surface area contributed by atoms with Crippen LogP contribution >= 0.6 is 0 Å². The number of carbonyl (C=O) groups is 2. The van der Waals surface area contributed by atoms with Crippen LogP contribution in [0.3, 0.4) is 0 Å². The molecule has 2 amide bonds. The van der Waals surface area contributed by atoms with Crippen LogP contribution in [0.5, 0.6) is 0 Å². The molecule has 0 aliphatic carbocycles. The lowest BCUT2D eigenvalue weighted by molar-refractivity contribution is -0.122. The van der Waals surface area contributed by atoms with Crippen molar-refractivity contribution in [3.05, 3.63) is 65.9 Å². The van der Waals surface area contributed by atoms with E-state index in [9.17, 15) is 9.59 Å². The van der Waals surface area contributed by atoms with Crippen LogP contribution in [-0.2, 0) is 9.59 Å². The highest BCUT2D eigenvalue weighted by Gasteiger charge is 2.35. The third kappa shape index (κ3) is 5.11. The molecule has 0 spiro atoms. The molecule has 3 aromatic rings. The van der Waals surface area contributed by atoms with Crippen LogP contribution in [0.25, 0.3) is 0 Å². The number of hydrogen-bond donors (Lipinski definition) is 2. The summed E-state index contributed by atoms with van der Waals surface area (Å²) in [7, 11) is 3.88. The zero-order chi connectivity index (χ0) is 23.5. The molecule has 170 valence electrons. The molecule has 4 rings (SSSR count). The minimum atomic E-state index is -0.388. The summed E-state index contributed by atoms with van der Waals surface area (Å²) in [5, 5.41) is 14.2. The van der Waals surface area contributed by atoms with E-state index in [0.717, 1.165) is 22.6 Å². The molecule has 1 aliphatic heterocycles. The predicted molar refractivity (Wildman–Crippen MR) is 131 cm³/mol. The molecule has 1 saturated heterocycles. The first-order chi connectivity index (χ1) is 15.8. The molecule has 1 fully saturated rings. The molecule has 0 radical (unpaired) electrons. The van der Waals surface area contributed by atoms with Gasteiger partial charge in [0.25, 0.3) is 0 Å². The smallest absolute Gasteiger partial charge is 0.229 e. The third-order valence-electron chi connectivity index (χ3n) is 5.88. The molecule has 8 heteroatoms. The van der Waals surface area contributed by atoms with Gasteiger partial charge in [0, 0.05) is 50.2 Å².